The van der Waals surface area contributed by atoms with Crippen molar-refractivity contribution in [3.63, 3.8) is 0 Å². The van der Waals surface area contributed by atoms with Crippen LogP contribution < -0.4 is 10.1 Å². The van der Waals surface area contributed by atoms with Crippen LogP contribution in [0.5, 0.6) is 5.75 Å². The molecule has 0 unspecified atom stereocenters. The van der Waals surface area contributed by atoms with E-state index in [1.807, 2.05) is 26.0 Å². The normalized spacial score (nSPS) is 11.5. The van der Waals surface area contributed by atoms with E-state index in [1.54, 1.807) is 11.7 Å². The molecule has 2 aromatic rings. The van der Waals surface area contributed by atoms with Crippen LogP contribution in [0.2, 0.25) is 0 Å². The van der Waals surface area contributed by atoms with Crippen molar-refractivity contribution in [3.8, 4) is 5.75 Å². The highest BCUT2D eigenvalue weighted by molar-refractivity contribution is 5.92. The zero-order chi connectivity index (χ0) is 20.7. The van der Waals surface area contributed by atoms with Gasteiger partial charge in [-0.25, -0.2) is 0 Å². The van der Waals surface area contributed by atoms with E-state index < -0.39 is 0 Å². The van der Waals surface area contributed by atoms with Gasteiger partial charge in [0.2, 0.25) is 0 Å². The van der Waals surface area contributed by atoms with Gasteiger partial charge in [-0.3, -0.25) is 9.48 Å². The van der Waals surface area contributed by atoms with Crippen molar-refractivity contribution in [2.75, 3.05) is 26.4 Å². The summed E-state index contributed by atoms with van der Waals surface area (Å²) in [5.74, 6) is 0.696. The third kappa shape index (κ3) is 6.09. The third-order valence-electron chi connectivity index (χ3n) is 4.50. The fourth-order valence-electron chi connectivity index (χ4n) is 2.83. The predicted molar refractivity (Wildman–Crippen MR) is 111 cm³/mol. The van der Waals surface area contributed by atoms with E-state index in [-0.39, 0.29) is 11.3 Å². The number of carbonyl (C=O) groups excluding carboxylic acids is 1. The zero-order valence-electron chi connectivity index (χ0n) is 18.0. The number of nitrogens with zero attached hydrogens (tertiary/aromatic N) is 2. The van der Waals surface area contributed by atoms with Crippen LogP contribution in [-0.2, 0) is 23.6 Å². The number of aromatic nitrogens is 2. The summed E-state index contributed by atoms with van der Waals surface area (Å²) < 4.78 is 12.8. The van der Waals surface area contributed by atoms with Gasteiger partial charge in [0.15, 0.2) is 0 Å². The SMILES string of the molecule is CCOCCc1ccc(OCCNC(=O)c2cc(C(C)(C)C)nn2C)c(C)c1. The second-order valence-electron chi connectivity index (χ2n) is 7.94. The van der Waals surface area contributed by atoms with Crippen LogP contribution in [0.3, 0.4) is 0 Å². The van der Waals surface area contributed by atoms with Gasteiger partial charge < -0.3 is 14.8 Å². The van der Waals surface area contributed by atoms with Crippen molar-refractivity contribution in [1.29, 1.82) is 0 Å². The number of amides is 1. The first-order chi connectivity index (χ1) is 13.2. The smallest absolute Gasteiger partial charge is 0.269 e. The topological polar surface area (TPSA) is 65.4 Å². The molecule has 1 amide bonds. The van der Waals surface area contributed by atoms with Gasteiger partial charge in [0.1, 0.15) is 18.1 Å². The van der Waals surface area contributed by atoms with E-state index in [2.05, 4.69) is 43.3 Å². The summed E-state index contributed by atoms with van der Waals surface area (Å²) in [6, 6.07) is 8.01. The van der Waals surface area contributed by atoms with Crippen LogP contribution in [0, 0.1) is 6.92 Å². The van der Waals surface area contributed by atoms with Gasteiger partial charge in [-0.2, -0.15) is 5.10 Å². The lowest BCUT2D eigenvalue weighted by Gasteiger charge is -2.13. The number of ether oxygens (including phenoxy) is 2. The number of rotatable bonds is 9. The Labute approximate surface area is 168 Å². The molecule has 0 spiro atoms. The fourth-order valence-corrected chi connectivity index (χ4v) is 2.83. The molecular formula is C22H33N3O3. The van der Waals surface area contributed by atoms with Crippen molar-refractivity contribution in [2.45, 2.75) is 46.5 Å². The molecular weight excluding hydrogens is 354 g/mol. The van der Waals surface area contributed by atoms with Crippen LogP contribution in [0.25, 0.3) is 0 Å². The molecule has 1 aromatic heterocycles. The number of carbonyl (C=O) groups is 1. The maximum Gasteiger partial charge on any atom is 0.269 e. The Morgan fingerprint density at radius 3 is 2.57 bits per heavy atom. The second kappa shape index (κ2) is 9.73. The quantitative estimate of drug-likeness (QED) is 0.670. The van der Waals surface area contributed by atoms with Crippen LogP contribution in [0.4, 0.5) is 0 Å². The van der Waals surface area contributed by atoms with Crippen LogP contribution in [-0.4, -0.2) is 42.1 Å². The van der Waals surface area contributed by atoms with Crippen molar-refractivity contribution < 1.29 is 14.3 Å². The van der Waals surface area contributed by atoms with Crippen molar-refractivity contribution in [1.82, 2.24) is 15.1 Å². The van der Waals surface area contributed by atoms with E-state index in [0.717, 1.165) is 36.6 Å². The molecule has 0 fully saturated rings. The van der Waals surface area contributed by atoms with Gasteiger partial charge in [-0.15, -0.1) is 0 Å². The zero-order valence-corrected chi connectivity index (χ0v) is 18.0. The minimum absolute atomic E-state index is 0.0915. The summed E-state index contributed by atoms with van der Waals surface area (Å²) in [5.41, 5.74) is 3.68. The van der Waals surface area contributed by atoms with Crippen LogP contribution in [0.15, 0.2) is 24.3 Å². The molecule has 6 heteroatoms. The molecule has 0 aliphatic rings. The molecule has 0 aliphatic heterocycles. The van der Waals surface area contributed by atoms with E-state index in [0.29, 0.717) is 18.8 Å². The Hall–Kier alpha value is -2.34. The fraction of sp³-hybridized carbons (Fsp3) is 0.545. The van der Waals surface area contributed by atoms with Gasteiger partial charge in [0.05, 0.1) is 18.8 Å². The minimum Gasteiger partial charge on any atom is -0.491 e. The van der Waals surface area contributed by atoms with E-state index in [4.69, 9.17) is 9.47 Å². The molecule has 28 heavy (non-hydrogen) atoms. The standard InChI is InChI=1S/C22H33N3O3/c1-7-27-12-10-17-8-9-19(16(2)14-17)28-13-11-23-21(26)18-15-20(22(3,4)5)24-25(18)6/h8-9,14-15H,7,10-13H2,1-6H3,(H,23,26). The van der Waals surface area contributed by atoms with Gasteiger partial charge in [0, 0.05) is 19.1 Å². The highest BCUT2D eigenvalue weighted by Crippen LogP contribution is 2.21. The number of aryl methyl sites for hydroxylation is 2. The van der Waals surface area contributed by atoms with Crippen molar-refractivity contribution in [3.05, 3.63) is 46.8 Å². The molecule has 0 aliphatic carbocycles. The van der Waals surface area contributed by atoms with Gasteiger partial charge in [-0.1, -0.05) is 32.9 Å². The maximum absolute atomic E-state index is 12.4. The number of hydrogen-bond acceptors (Lipinski definition) is 4. The summed E-state index contributed by atoms with van der Waals surface area (Å²) in [6.07, 6.45) is 0.895. The first-order valence-corrected chi connectivity index (χ1v) is 9.85. The Balaban J connectivity index is 1.82. The average molecular weight is 388 g/mol. The molecule has 0 radical (unpaired) electrons. The molecule has 1 aromatic carbocycles. The number of benzene rings is 1. The second-order valence-corrected chi connectivity index (χ2v) is 7.94. The highest BCUT2D eigenvalue weighted by atomic mass is 16.5. The summed E-state index contributed by atoms with van der Waals surface area (Å²) in [6.45, 7) is 12.6. The monoisotopic (exact) mass is 387 g/mol. The maximum atomic E-state index is 12.4. The Morgan fingerprint density at radius 2 is 1.96 bits per heavy atom. The summed E-state index contributed by atoms with van der Waals surface area (Å²) >= 11 is 0. The Kier molecular flexibility index (Phi) is 7.63. The van der Waals surface area contributed by atoms with E-state index >= 15 is 0 Å². The summed E-state index contributed by atoms with van der Waals surface area (Å²) in [5, 5.41) is 7.34. The minimum atomic E-state index is -0.142. The molecule has 0 atom stereocenters. The van der Waals surface area contributed by atoms with E-state index in [9.17, 15) is 4.79 Å². The molecule has 1 N–H and O–H groups in total. The van der Waals surface area contributed by atoms with Crippen molar-refractivity contribution >= 4 is 5.91 Å². The van der Waals surface area contributed by atoms with Crippen LogP contribution >= 0.6 is 0 Å². The average Bonchev–Trinajstić information content (AvgIpc) is 3.02. The number of hydrogen-bond donors (Lipinski definition) is 1. The van der Waals surface area contributed by atoms with E-state index in [1.165, 1.54) is 5.56 Å². The Bertz CT molecular complexity index is 791. The van der Waals surface area contributed by atoms with Gasteiger partial charge in [0.25, 0.3) is 5.91 Å². The molecule has 0 saturated carbocycles. The van der Waals surface area contributed by atoms with Gasteiger partial charge >= 0.3 is 0 Å². The third-order valence-corrected chi connectivity index (χ3v) is 4.50. The van der Waals surface area contributed by atoms with Gasteiger partial charge in [-0.05, 0) is 43.5 Å². The molecule has 0 bridgehead atoms. The molecule has 2 rings (SSSR count). The lowest BCUT2D eigenvalue weighted by atomic mass is 9.92. The first-order valence-electron chi connectivity index (χ1n) is 9.85. The lowest BCUT2D eigenvalue weighted by molar-refractivity contribution is 0.0937. The van der Waals surface area contributed by atoms with Crippen LogP contribution in [0.1, 0.15) is 55.0 Å². The lowest BCUT2D eigenvalue weighted by Crippen LogP contribution is -2.29. The molecule has 0 saturated heterocycles. The van der Waals surface area contributed by atoms with Crippen molar-refractivity contribution in [2.24, 2.45) is 7.05 Å². The molecule has 154 valence electrons. The highest BCUT2D eigenvalue weighted by Gasteiger charge is 2.21. The summed E-state index contributed by atoms with van der Waals surface area (Å²) in [4.78, 5) is 12.4. The molecule has 6 nitrogen and oxygen atoms in total. The number of nitrogens with one attached hydrogen (secondary N) is 1. The molecule has 1 heterocycles. The first kappa shape index (κ1) is 22.0. The summed E-state index contributed by atoms with van der Waals surface area (Å²) in [7, 11) is 1.79. The predicted octanol–water partition coefficient (Wildman–Crippen LogP) is 3.41. The Morgan fingerprint density at radius 1 is 1.21 bits per heavy atom. The largest absolute Gasteiger partial charge is 0.491 e.